The van der Waals surface area contributed by atoms with Crippen LogP contribution < -0.4 is 4.90 Å². The second-order valence-electron chi connectivity index (χ2n) is 6.03. The number of halogens is 3. The fourth-order valence-corrected chi connectivity index (χ4v) is 3.06. The van der Waals surface area contributed by atoms with Gasteiger partial charge in [0.1, 0.15) is 23.3 Å². The molecule has 1 saturated heterocycles. The SMILES string of the molecule is CC1CCN(c2nc(C(F)(F)F)ccc2C#N)C(c2ccco2)C1. The van der Waals surface area contributed by atoms with Crippen LogP contribution in [0.3, 0.4) is 0 Å². The van der Waals surface area contributed by atoms with E-state index in [2.05, 4.69) is 11.9 Å². The Bertz CT molecular complexity index is 749. The van der Waals surface area contributed by atoms with Gasteiger partial charge in [-0.1, -0.05) is 6.92 Å². The average molecular weight is 335 g/mol. The molecule has 0 radical (unpaired) electrons. The molecular formula is C17H16F3N3O. The van der Waals surface area contributed by atoms with Crippen molar-refractivity contribution in [1.82, 2.24) is 4.98 Å². The Morgan fingerprint density at radius 1 is 1.33 bits per heavy atom. The zero-order valence-corrected chi connectivity index (χ0v) is 13.0. The van der Waals surface area contributed by atoms with E-state index in [1.807, 2.05) is 6.07 Å². The second-order valence-corrected chi connectivity index (χ2v) is 6.03. The molecule has 0 spiro atoms. The Kier molecular flexibility index (Phi) is 4.22. The Morgan fingerprint density at radius 3 is 2.75 bits per heavy atom. The van der Waals surface area contributed by atoms with E-state index in [-0.39, 0.29) is 17.4 Å². The van der Waals surface area contributed by atoms with E-state index in [1.165, 1.54) is 12.3 Å². The lowest BCUT2D eigenvalue weighted by atomic mass is 9.90. The Balaban J connectivity index is 2.06. The van der Waals surface area contributed by atoms with Crippen molar-refractivity contribution in [3.63, 3.8) is 0 Å². The quantitative estimate of drug-likeness (QED) is 0.808. The van der Waals surface area contributed by atoms with Crippen LogP contribution in [0, 0.1) is 17.2 Å². The van der Waals surface area contributed by atoms with Crippen LogP contribution in [0.2, 0.25) is 0 Å². The maximum atomic E-state index is 13.0. The van der Waals surface area contributed by atoms with Gasteiger partial charge in [-0.05, 0) is 43.0 Å². The molecule has 126 valence electrons. The number of nitriles is 1. The molecule has 0 amide bonds. The van der Waals surface area contributed by atoms with Crippen LogP contribution in [-0.4, -0.2) is 11.5 Å². The van der Waals surface area contributed by atoms with E-state index >= 15 is 0 Å². The third-order valence-electron chi connectivity index (χ3n) is 4.29. The van der Waals surface area contributed by atoms with Crippen LogP contribution in [0.5, 0.6) is 0 Å². The Hall–Kier alpha value is -2.49. The number of alkyl halides is 3. The summed E-state index contributed by atoms with van der Waals surface area (Å²) in [6, 6.07) is 7.29. The molecule has 2 aromatic heterocycles. The molecule has 3 rings (SSSR count). The van der Waals surface area contributed by atoms with Gasteiger partial charge in [0.15, 0.2) is 0 Å². The van der Waals surface area contributed by atoms with Gasteiger partial charge in [-0.3, -0.25) is 0 Å². The standard InChI is InChI=1S/C17H16F3N3O/c1-11-6-7-23(13(9-11)14-3-2-8-24-14)16-12(10-21)4-5-15(22-16)17(18,19)20/h2-5,8,11,13H,6-7,9H2,1H3. The number of furan rings is 1. The first-order valence-electron chi connectivity index (χ1n) is 7.68. The maximum absolute atomic E-state index is 13.0. The van der Waals surface area contributed by atoms with Gasteiger partial charge in [0.05, 0.1) is 17.9 Å². The fourth-order valence-electron chi connectivity index (χ4n) is 3.06. The summed E-state index contributed by atoms with van der Waals surface area (Å²) in [5.41, 5.74) is -0.859. The van der Waals surface area contributed by atoms with Gasteiger partial charge in [0.25, 0.3) is 0 Å². The van der Waals surface area contributed by atoms with Gasteiger partial charge in [0.2, 0.25) is 0 Å². The third kappa shape index (κ3) is 3.09. The molecule has 0 N–H and O–H groups in total. The molecular weight excluding hydrogens is 319 g/mol. The molecule has 0 saturated carbocycles. The summed E-state index contributed by atoms with van der Waals surface area (Å²) in [6.07, 6.45) is -1.46. The molecule has 0 aromatic carbocycles. The zero-order valence-electron chi connectivity index (χ0n) is 13.0. The molecule has 24 heavy (non-hydrogen) atoms. The topological polar surface area (TPSA) is 53.1 Å². The van der Waals surface area contributed by atoms with E-state index in [0.717, 1.165) is 18.9 Å². The first-order chi connectivity index (χ1) is 11.4. The second kappa shape index (κ2) is 6.19. The van der Waals surface area contributed by atoms with Crippen LogP contribution in [0.1, 0.15) is 42.8 Å². The largest absolute Gasteiger partial charge is 0.467 e. The van der Waals surface area contributed by atoms with Crippen molar-refractivity contribution < 1.29 is 17.6 Å². The zero-order chi connectivity index (χ0) is 17.3. The number of aromatic nitrogens is 1. The van der Waals surface area contributed by atoms with Crippen LogP contribution in [0.25, 0.3) is 0 Å². The van der Waals surface area contributed by atoms with E-state index in [1.54, 1.807) is 17.0 Å². The minimum absolute atomic E-state index is 0.0700. The highest BCUT2D eigenvalue weighted by Gasteiger charge is 2.36. The molecule has 1 aliphatic heterocycles. The monoisotopic (exact) mass is 335 g/mol. The predicted molar refractivity (Wildman–Crippen MR) is 81.1 cm³/mol. The van der Waals surface area contributed by atoms with Crippen molar-refractivity contribution in [1.29, 1.82) is 5.26 Å². The number of hydrogen-bond acceptors (Lipinski definition) is 4. The number of rotatable bonds is 2. The number of anilines is 1. The lowest BCUT2D eigenvalue weighted by molar-refractivity contribution is -0.141. The van der Waals surface area contributed by atoms with Crippen molar-refractivity contribution in [2.45, 2.75) is 32.0 Å². The van der Waals surface area contributed by atoms with Crippen molar-refractivity contribution in [2.75, 3.05) is 11.4 Å². The lowest BCUT2D eigenvalue weighted by Crippen LogP contribution is -2.37. The first kappa shape index (κ1) is 16.4. The van der Waals surface area contributed by atoms with Gasteiger partial charge in [-0.2, -0.15) is 18.4 Å². The van der Waals surface area contributed by atoms with E-state index in [0.29, 0.717) is 18.2 Å². The summed E-state index contributed by atoms with van der Waals surface area (Å²) in [5.74, 6) is 1.15. The number of piperidine rings is 1. The van der Waals surface area contributed by atoms with Crippen LogP contribution in [0.15, 0.2) is 34.9 Å². The maximum Gasteiger partial charge on any atom is 0.433 e. The summed E-state index contributed by atoms with van der Waals surface area (Å²) in [7, 11) is 0. The number of nitrogens with zero attached hydrogens (tertiary/aromatic N) is 3. The minimum Gasteiger partial charge on any atom is -0.467 e. The van der Waals surface area contributed by atoms with E-state index in [4.69, 9.17) is 4.42 Å². The summed E-state index contributed by atoms with van der Waals surface area (Å²) < 4.78 is 44.5. The smallest absolute Gasteiger partial charge is 0.433 e. The minimum atomic E-state index is -4.55. The summed E-state index contributed by atoms with van der Waals surface area (Å²) >= 11 is 0. The molecule has 4 nitrogen and oxygen atoms in total. The highest BCUT2D eigenvalue weighted by atomic mass is 19.4. The Morgan fingerprint density at radius 2 is 2.12 bits per heavy atom. The molecule has 0 bridgehead atoms. The molecule has 1 aliphatic rings. The lowest BCUT2D eigenvalue weighted by Gasteiger charge is -2.38. The fraction of sp³-hybridized carbons (Fsp3) is 0.412. The van der Waals surface area contributed by atoms with Crippen molar-refractivity contribution in [3.8, 4) is 6.07 Å². The van der Waals surface area contributed by atoms with Crippen molar-refractivity contribution in [3.05, 3.63) is 47.5 Å². The van der Waals surface area contributed by atoms with Gasteiger partial charge >= 0.3 is 6.18 Å². The van der Waals surface area contributed by atoms with Crippen molar-refractivity contribution in [2.24, 2.45) is 5.92 Å². The van der Waals surface area contributed by atoms with E-state index in [9.17, 15) is 18.4 Å². The summed E-state index contributed by atoms with van der Waals surface area (Å²) in [5, 5.41) is 9.29. The van der Waals surface area contributed by atoms with Gasteiger partial charge < -0.3 is 9.32 Å². The molecule has 2 atom stereocenters. The molecule has 3 heterocycles. The highest BCUT2D eigenvalue weighted by Crippen LogP contribution is 2.39. The molecule has 2 unspecified atom stereocenters. The van der Waals surface area contributed by atoms with E-state index < -0.39 is 11.9 Å². The summed E-state index contributed by atoms with van der Waals surface area (Å²) in [4.78, 5) is 5.52. The van der Waals surface area contributed by atoms with Gasteiger partial charge in [0, 0.05) is 6.54 Å². The molecule has 1 fully saturated rings. The van der Waals surface area contributed by atoms with Gasteiger partial charge in [-0.25, -0.2) is 4.98 Å². The first-order valence-corrected chi connectivity index (χ1v) is 7.68. The average Bonchev–Trinajstić information content (AvgIpc) is 3.07. The normalized spacial score (nSPS) is 21.5. The molecule has 2 aromatic rings. The van der Waals surface area contributed by atoms with Crippen LogP contribution in [0.4, 0.5) is 19.0 Å². The Labute approximate surface area is 137 Å². The highest BCUT2D eigenvalue weighted by molar-refractivity contribution is 5.56. The van der Waals surface area contributed by atoms with Crippen LogP contribution in [-0.2, 0) is 6.18 Å². The number of pyridine rings is 1. The number of hydrogen-bond donors (Lipinski definition) is 0. The van der Waals surface area contributed by atoms with Crippen molar-refractivity contribution >= 4 is 5.82 Å². The van der Waals surface area contributed by atoms with Crippen LogP contribution >= 0.6 is 0 Å². The van der Waals surface area contributed by atoms with Gasteiger partial charge in [-0.15, -0.1) is 0 Å². The summed E-state index contributed by atoms with van der Waals surface area (Å²) in [6.45, 7) is 2.62. The predicted octanol–water partition coefficient (Wildman–Crippen LogP) is 4.54. The molecule has 7 heteroatoms. The molecule has 0 aliphatic carbocycles. The third-order valence-corrected chi connectivity index (χ3v) is 4.29.